The molecule has 0 unspecified atom stereocenters. The molecule has 0 aromatic carbocycles. The molecule has 0 aliphatic heterocycles. The lowest BCUT2D eigenvalue weighted by atomic mass is 10.1. The van der Waals surface area contributed by atoms with Crippen LogP contribution in [0.2, 0.25) is 0 Å². The first-order valence-electron chi connectivity index (χ1n) is 6.23. The Kier molecular flexibility index (Phi) is 6.51. The number of thioether (sulfide) groups is 1. The molecule has 0 aliphatic carbocycles. The zero-order valence-electron chi connectivity index (χ0n) is 12.1. The molecule has 8 heteroatoms. The van der Waals surface area contributed by atoms with E-state index in [0.717, 1.165) is 22.4 Å². The van der Waals surface area contributed by atoms with Gasteiger partial charge < -0.3 is 14.4 Å². The van der Waals surface area contributed by atoms with Crippen LogP contribution in [0.5, 0.6) is 0 Å². The number of aromatic nitrogens is 4. The lowest BCUT2D eigenvalue weighted by Crippen LogP contribution is -2.10. The Balaban J connectivity index is 0.00000200. The van der Waals surface area contributed by atoms with Crippen LogP contribution in [0.1, 0.15) is 37.0 Å². The van der Waals surface area contributed by atoms with Crippen molar-refractivity contribution in [2.24, 2.45) is 7.05 Å². The maximum atomic E-state index is 5.30. The molecule has 0 saturated carbocycles. The van der Waals surface area contributed by atoms with E-state index in [2.05, 4.69) is 34.5 Å². The highest BCUT2D eigenvalue weighted by atomic mass is 35.5. The molecule has 112 valence electrons. The molecule has 0 aliphatic rings. The molecule has 0 bridgehead atoms. The van der Waals surface area contributed by atoms with Crippen LogP contribution in [-0.4, -0.2) is 27.0 Å². The number of rotatable bonds is 6. The fourth-order valence-electron chi connectivity index (χ4n) is 1.59. The summed E-state index contributed by atoms with van der Waals surface area (Å²) in [7, 11) is 3.86. The number of nitrogens with one attached hydrogen (secondary N) is 1. The highest BCUT2D eigenvalue weighted by molar-refractivity contribution is 7.98. The molecule has 0 amide bonds. The summed E-state index contributed by atoms with van der Waals surface area (Å²) in [5, 5.41) is 16.3. The fourth-order valence-corrected chi connectivity index (χ4v) is 2.39. The highest BCUT2D eigenvalue weighted by Crippen LogP contribution is 2.23. The maximum Gasteiger partial charge on any atom is 0.191 e. The first kappa shape index (κ1) is 17.0. The summed E-state index contributed by atoms with van der Waals surface area (Å²) >= 11 is 1.60. The summed E-state index contributed by atoms with van der Waals surface area (Å²) in [6.07, 6.45) is 0. The van der Waals surface area contributed by atoms with Gasteiger partial charge in [0.2, 0.25) is 0 Å². The number of halogens is 1. The molecule has 0 radical (unpaired) electrons. The predicted molar refractivity (Wildman–Crippen MR) is 81.2 cm³/mol. The second kappa shape index (κ2) is 7.66. The maximum absolute atomic E-state index is 5.30. The zero-order chi connectivity index (χ0) is 13.8. The van der Waals surface area contributed by atoms with Crippen LogP contribution in [0, 0.1) is 0 Å². The Morgan fingerprint density at radius 3 is 2.75 bits per heavy atom. The SMILES string of the molecule is CNCc1nnc(SCc2cc(C(C)C)no2)n1C.Cl. The molecule has 0 fully saturated rings. The topological polar surface area (TPSA) is 68.8 Å². The van der Waals surface area contributed by atoms with Gasteiger partial charge in [-0.3, -0.25) is 0 Å². The largest absolute Gasteiger partial charge is 0.360 e. The standard InChI is InChI=1S/C12H19N5OS.ClH/c1-8(2)10-5-9(18-16-10)7-19-12-15-14-11(6-13-3)17(12)4;/h5,8,13H,6-7H2,1-4H3;1H. The second-order valence-corrected chi connectivity index (χ2v) is 5.59. The van der Waals surface area contributed by atoms with Crippen LogP contribution in [0.4, 0.5) is 0 Å². The minimum absolute atomic E-state index is 0. The van der Waals surface area contributed by atoms with Gasteiger partial charge in [0.05, 0.1) is 18.0 Å². The molecule has 2 heterocycles. The summed E-state index contributed by atoms with van der Waals surface area (Å²) in [6, 6.07) is 2.00. The van der Waals surface area contributed by atoms with Crippen LogP contribution in [0.3, 0.4) is 0 Å². The van der Waals surface area contributed by atoms with Crippen molar-refractivity contribution in [3.8, 4) is 0 Å². The summed E-state index contributed by atoms with van der Waals surface area (Å²) in [4.78, 5) is 0. The fraction of sp³-hybridized carbons (Fsp3) is 0.583. The van der Waals surface area contributed by atoms with Crippen molar-refractivity contribution in [1.82, 2.24) is 25.2 Å². The van der Waals surface area contributed by atoms with Crippen LogP contribution in [-0.2, 0) is 19.3 Å². The van der Waals surface area contributed by atoms with E-state index in [1.807, 2.05) is 24.7 Å². The molecule has 1 N–H and O–H groups in total. The lowest BCUT2D eigenvalue weighted by Gasteiger charge is -2.01. The van der Waals surface area contributed by atoms with E-state index in [1.54, 1.807) is 11.8 Å². The van der Waals surface area contributed by atoms with Crippen molar-refractivity contribution in [2.45, 2.75) is 37.2 Å². The summed E-state index contributed by atoms with van der Waals surface area (Å²) < 4.78 is 7.29. The van der Waals surface area contributed by atoms with Gasteiger partial charge in [-0.1, -0.05) is 30.8 Å². The van der Waals surface area contributed by atoms with Gasteiger partial charge in [-0.15, -0.1) is 22.6 Å². The minimum atomic E-state index is 0. The highest BCUT2D eigenvalue weighted by Gasteiger charge is 2.11. The van der Waals surface area contributed by atoms with E-state index < -0.39 is 0 Å². The van der Waals surface area contributed by atoms with Crippen molar-refractivity contribution < 1.29 is 4.52 Å². The van der Waals surface area contributed by atoms with Gasteiger partial charge >= 0.3 is 0 Å². The molecule has 0 atom stereocenters. The number of hydrogen-bond donors (Lipinski definition) is 1. The van der Waals surface area contributed by atoms with E-state index >= 15 is 0 Å². The van der Waals surface area contributed by atoms with Crippen LogP contribution in [0.15, 0.2) is 15.7 Å². The molecular weight excluding hydrogens is 298 g/mol. The Morgan fingerprint density at radius 1 is 1.40 bits per heavy atom. The number of hydrogen-bond acceptors (Lipinski definition) is 6. The Bertz CT molecular complexity index is 540. The van der Waals surface area contributed by atoms with Gasteiger partial charge in [0.1, 0.15) is 11.6 Å². The lowest BCUT2D eigenvalue weighted by molar-refractivity contribution is 0.385. The second-order valence-electron chi connectivity index (χ2n) is 4.65. The van der Waals surface area contributed by atoms with Gasteiger partial charge in [-0.2, -0.15) is 0 Å². The molecule has 0 saturated heterocycles. The summed E-state index contributed by atoms with van der Waals surface area (Å²) in [5.74, 6) is 2.89. The normalized spacial score (nSPS) is 10.8. The summed E-state index contributed by atoms with van der Waals surface area (Å²) in [5.41, 5.74) is 0.990. The molecular formula is C12H20ClN5OS. The van der Waals surface area contributed by atoms with Gasteiger partial charge in [-0.05, 0) is 13.0 Å². The third-order valence-electron chi connectivity index (χ3n) is 2.77. The van der Waals surface area contributed by atoms with E-state index in [9.17, 15) is 0 Å². The van der Waals surface area contributed by atoms with Gasteiger partial charge in [-0.25, -0.2) is 0 Å². The third-order valence-corrected chi connectivity index (χ3v) is 3.81. The molecule has 2 aromatic heterocycles. The zero-order valence-corrected chi connectivity index (χ0v) is 13.7. The van der Waals surface area contributed by atoms with E-state index in [4.69, 9.17) is 4.52 Å². The number of nitrogens with zero attached hydrogens (tertiary/aromatic N) is 4. The first-order valence-corrected chi connectivity index (χ1v) is 7.21. The van der Waals surface area contributed by atoms with Gasteiger partial charge in [0, 0.05) is 13.1 Å². The third kappa shape index (κ3) is 3.97. The van der Waals surface area contributed by atoms with Crippen molar-refractivity contribution in [2.75, 3.05) is 7.05 Å². The average Bonchev–Trinajstić information content (AvgIpc) is 2.97. The molecule has 2 aromatic rings. The van der Waals surface area contributed by atoms with Crippen molar-refractivity contribution in [3.63, 3.8) is 0 Å². The molecule has 0 spiro atoms. The Hall–Kier alpha value is -1.05. The molecule has 2 rings (SSSR count). The van der Waals surface area contributed by atoms with E-state index in [1.165, 1.54) is 0 Å². The Labute approximate surface area is 129 Å². The quantitative estimate of drug-likeness (QED) is 0.825. The first-order chi connectivity index (χ1) is 9.11. The van der Waals surface area contributed by atoms with Crippen LogP contribution in [0.25, 0.3) is 0 Å². The van der Waals surface area contributed by atoms with Crippen molar-refractivity contribution >= 4 is 24.2 Å². The van der Waals surface area contributed by atoms with Crippen LogP contribution >= 0.6 is 24.2 Å². The molecule has 20 heavy (non-hydrogen) atoms. The summed E-state index contributed by atoms with van der Waals surface area (Å²) in [6.45, 7) is 4.91. The van der Waals surface area contributed by atoms with Gasteiger partial charge in [0.15, 0.2) is 5.16 Å². The Morgan fingerprint density at radius 2 is 2.15 bits per heavy atom. The predicted octanol–water partition coefficient (Wildman–Crippen LogP) is 2.36. The average molecular weight is 318 g/mol. The minimum Gasteiger partial charge on any atom is -0.360 e. The van der Waals surface area contributed by atoms with Crippen LogP contribution < -0.4 is 5.32 Å². The van der Waals surface area contributed by atoms with E-state index in [0.29, 0.717) is 18.2 Å². The van der Waals surface area contributed by atoms with E-state index in [-0.39, 0.29) is 12.4 Å². The van der Waals surface area contributed by atoms with Crippen molar-refractivity contribution in [3.05, 3.63) is 23.3 Å². The van der Waals surface area contributed by atoms with Crippen molar-refractivity contribution in [1.29, 1.82) is 0 Å². The van der Waals surface area contributed by atoms with Gasteiger partial charge in [0.25, 0.3) is 0 Å². The molecule has 6 nitrogen and oxygen atoms in total. The monoisotopic (exact) mass is 317 g/mol. The smallest absolute Gasteiger partial charge is 0.191 e.